The van der Waals surface area contributed by atoms with Crippen LogP contribution in [0.15, 0.2) is 62.9 Å². The molecule has 1 aromatic carbocycles. The molecule has 3 aromatic rings. The summed E-state index contributed by atoms with van der Waals surface area (Å²) in [5.41, 5.74) is 4.33. The van der Waals surface area contributed by atoms with Crippen LogP contribution in [0.3, 0.4) is 0 Å². The maximum absolute atomic E-state index is 13.0. The van der Waals surface area contributed by atoms with Crippen LogP contribution >= 0.6 is 11.3 Å². The van der Waals surface area contributed by atoms with E-state index in [0.29, 0.717) is 11.4 Å². The van der Waals surface area contributed by atoms with Gasteiger partial charge in [0.05, 0.1) is 22.7 Å². The number of benzene rings is 1. The number of sulfone groups is 1. The van der Waals surface area contributed by atoms with E-state index >= 15 is 0 Å². The highest BCUT2D eigenvalue weighted by atomic mass is 32.2. The van der Waals surface area contributed by atoms with Crippen LogP contribution in [0.25, 0.3) is 11.1 Å². The molecular weight excluding hydrogens is 467 g/mol. The number of carbonyl (C=O) groups is 1. The lowest BCUT2D eigenvalue weighted by Crippen LogP contribution is -2.25. The minimum Gasteiger partial charge on any atom is -0.475 e. The summed E-state index contributed by atoms with van der Waals surface area (Å²) in [5.74, 6) is -2.70. The third-order valence-corrected chi connectivity index (χ3v) is 8.48. The number of rotatable bonds is 3. The molecule has 32 heavy (non-hydrogen) atoms. The topological polar surface area (TPSA) is 87.8 Å². The van der Waals surface area contributed by atoms with Crippen molar-refractivity contribution in [3.8, 4) is 11.1 Å². The van der Waals surface area contributed by atoms with E-state index in [-0.39, 0.29) is 11.2 Å². The molecule has 0 saturated carbocycles. The zero-order valence-corrected chi connectivity index (χ0v) is 18.1. The molecule has 0 spiro atoms. The van der Waals surface area contributed by atoms with Gasteiger partial charge in [0, 0.05) is 31.1 Å². The van der Waals surface area contributed by atoms with Gasteiger partial charge >= 0.3 is 12.1 Å². The van der Waals surface area contributed by atoms with E-state index in [4.69, 9.17) is 14.3 Å². The zero-order chi connectivity index (χ0) is 23.1. The van der Waals surface area contributed by atoms with Crippen molar-refractivity contribution in [1.82, 2.24) is 4.90 Å². The van der Waals surface area contributed by atoms with E-state index in [1.54, 1.807) is 29.9 Å². The molecule has 0 aliphatic carbocycles. The molecule has 2 aliphatic heterocycles. The van der Waals surface area contributed by atoms with Crippen molar-refractivity contribution in [2.24, 2.45) is 0 Å². The maximum Gasteiger partial charge on any atom is 0.490 e. The number of hydrogen-bond donors (Lipinski definition) is 1. The maximum atomic E-state index is 13.0. The highest BCUT2D eigenvalue weighted by Gasteiger charge is 2.50. The van der Waals surface area contributed by atoms with Crippen LogP contribution in [0.4, 0.5) is 13.2 Å². The van der Waals surface area contributed by atoms with Crippen molar-refractivity contribution in [1.29, 1.82) is 0 Å². The summed E-state index contributed by atoms with van der Waals surface area (Å²) in [6, 6.07) is 9.83. The van der Waals surface area contributed by atoms with Crippen LogP contribution in [0.1, 0.15) is 17.0 Å². The van der Waals surface area contributed by atoms with Gasteiger partial charge < -0.3 is 9.52 Å². The lowest BCUT2D eigenvalue weighted by Gasteiger charge is -2.16. The van der Waals surface area contributed by atoms with Crippen LogP contribution in [0, 0.1) is 0 Å². The van der Waals surface area contributed by atoms with Gasteiger partial charge in [0.2, 0.25) is 0 Å². The fourth-order valence-corrected chi connectivity index (χ4v) is 6.96. The van der Waals surface area contributed by atoms with Gasteiger partial charge in [0.15, 0.2) is 9.84 Å². The van der Waals surface area contributed by atoms with Gasteiger partial charge in [-0.15, -0.1) is 0 Å². The largest absolute Gasteiger partial charge is 0.490 e. The normalized spacial score (nSPS) is 21.5. The molecule has 2 aromatic heterocycles. The minimum absolute atomic E-state index is 0.0606. The molecule has 0 amide bonds. The number of likely N-dealkylation sites (tertiary alicyclic amines) is 1. The fraction of sp³-hybridized carbons (Fsp3) is 0.286. The predicted octanol–water partition coefficient (Wildman–Crippen LogP) is 4.40. The highest BCUT2D eigenvalue weighted by molar-refractivity contribution is 7.92. The van der Waals surface area contributed by atoms with Crippen molar-refractivity contribution in [3.63, 3.8) is 0 Å². The number of aliphatic carboxylic acids is 1. The number of alkyl halides is 3. The first kappa shape index (κ1) is 22.6. The second-order valence-electron chi connectivity index (χ2n) is 7.58. The molecule has 170 valence electrons. The van der Waals surface area contributed by atoms with Gasteiger partial charge in [-0.05, 0) is 51.7 Å². The second-order valence-corrected chi connectivity index (χ2v) is 10.5. The molecule has 2 aliphatic rings. The van der Waals surface area contributed by atoms with Crippen molar-refractivity contribution in [3.05, 3.63) is 64.7 Å². The Morgan fingerprint density at radius 3 is 2.53 bits per heavy atom. The molecule has 0 bridgehead atoms. The molecule has 5 rings (SSSR count). The number of carboxylic acid groups (broad SMARTS) is 1. The third-order valence-electron chi connectivity index (χ3n) is 5.54. The number of carboxylic acids is 1. The molecule has 2 atom stereocenters. The summed E-state index contributed by atoms with van der Waals surface area (Å²) in [4.78, 5) is 11.6. The van der Waals surface area contributed by atoms with Crippen LogP contribution < -0.4 is 0 Å². The van der Waals surface area contributed by atoms with E-state index < -0.39 is 22.0 Å². The first-order valence-electron chi connectivity index (χ1n) is 9.51. The van der Waals surface area contributed by atoms with E-state index in [0.717, 1.165) is 35.3 Å². The molecule has 6 nitrogen and oxygen atoms in total. The Kier molecular flexibility index (Phi) is 5.91. The van der Waals surface area contributed by atoms with Crippen LogP contribution in [-0.4, -0.2) is 48.9 Å². The smallest absolute Gasteiger partial charge is 0.475 e. The average molecular weight is 486 g/mol. The molecular formula is C21H18F3NO5S2. The molecule has 1 N–H and O–H groups in total. The minimum atomic E-state index is -5.08. The predicted molar refractivity (Wildman–Crippen MR) is 111 cm³/mol. The highest BCUT2D eigenvalue weighted by Crippen LogP contribution is 2.46. The summed E-state index contributed by atoms with van der Waals surface area (Å²) in [7, 11) is -3.24. The molecule has 4 heterocycles. The number of nitrogens with zero attached hydrogens (tertiary/aromatic N) is 1. The van der Waals surface area contributed by atoms with Crippen molar-refractivity contribution < 1.29 is 35.9 Å². The Hall–Kier alpha value is -2.63. The number of fused-ring (bicyclic) bond motifs is 3. The van der Waals surface area contributed by atoms with Gasteiger partial charge in [-0.1, -0.05) is 6.07 Å². The monoisotopic (exact) mass is 485 g/mol. The van der Waals surface area contributed by atoms with Gasteiger partial charge in [-0.3, -0.25) is 4.90 Å². The van der Waals surface area contributed by atoms with E-state index in [9.17, 15) is 21.6 Å². The lowest BCUT2D eigenvalue weighted by molar-refractivity contribution is -0.192. The van der Waals surface area contributed by atoms with Crippen LogP contribution in [0.5, 0.6) is 0 Å². The first-order valence-corrected chi connectivity index (χ1v) is 12.0. The van der Waals surface area contributed by atoms with Crippen LogP contribution in [-0.2, 0) is 21.2 Å². The summed E-state index contributed by atoms with van der Waals surface area (Å²) in [6.07, 6.45) is -1.70. The average Bonchev–Trinajstić information content (AvgIpc) is 3.51. The Balaban J connectivity index is 0.000000307. The lowest BCUT2D eigenvalue weighted by atomic mass is 9.95. The molecule has 1 fully saturated rings. The van der Waals surface area contributed by atoms with E-state index in [1.165, 1.54) is 0 Å². The number of furan rings is 1. The summed E-state index contributed by atoms with van der Waals surface area (Å²) >= 11 is 1.65. The van der Waals surface area contributed by atoms with Crippen molar-refractivity contribution >= 4 is 27.1 Å². The number of halogens is 3. The summed E-state index contributed by atoms with van der Waals surface area (Å²) < 4.78 is 62.8. The van der Waals surface area contributed by atoms with Gasteiger partial charge in [-0.2, -0.15) is 24.5 Å². The van der Waals surface area contributed by atoms with E-state index in [1.807, 2.05) is 17.5 Å². The third kappa shape index (κ3) is 4.32. The van der Waals surface area contributed by atoms with Gasteiger partial charge in [-0.25, -0.2) is 13.2 Å². The van der Waals surface area contributed by atoms with Crippen molar-refractivity contribution in [2.45, 2.75) is 28.8 Å². The quantitative estimate of drug-likeness (QED) is 0.592. The number of thiophene rings is 1. The van der Waals surface area contributed by atoms with Gasteiger partial charge in [0.25, 0.3) is 0 Å². The molecule has 1 saturated heterocycles. The second kappa shape index (κ2) is 8.38. The zero-order valence-electron chi connectivity index (χ0n) is 16.4. The summed E-state index contributed by atoms with van der Waals surface area (Å²) in [5, 5.41) is 10.9. The number of hydrogen-bond acceptors (Lipinski definition) is 6. The molecule has 0 radical (unpaired) electrons. The fourth-order valence-electron chi connectivity index (χ4n) is 4.10. The Morgan fingerprint density at radius 2 is 1.94 bits per heavy atom. The molecule has 2 unspecified atom stereocenters. The Labute approximate surface area is 185 Å². The Bertz CT molecular complexity index is 1200. The first-order chi connectivity index (χ1) is 15.1. The standard InChI is InChI=1S/C19H17NO3S2.C2HF3O2/c21-25(22)18-2-1-14(15-4-6-24-12-15)7-16(18)17-9-20(10-19(17)25)8-13-3-5-23-11-13;3-2(4,5)1(6)7/h1-7,11-12,17,19H,8-10H2;(H,6,7). The van der Waals surface area contributed by atoms with Crippen LogP contribution in [0.2, 0.25) is 0 Å². The SMILES string of the molecule is O=C(O)C(F)(F)F.O=S1(=O)c2ccc(-c3ccsc3)cc2C2CN(Cc3ccoc3)CC21. The summed E-state index contributed by atoms with van der Waals surface area (Å²) in [6.45, 7) is 2.09. The molecule has 11 heteroatoms. The Morgan fingerprint density at radius 1 is 1.19 bits per heavy atom. The van der Waals surface area contributed by atoms with E-state index in [2.05, 4.69) is 22.4 Å². The van der Waals surface area contributed by atoms with Crippen molar-refractivity contribution in [2.75, 3.05) is 13.1 Å². The van der Waals surface area contributed by atoms with Gasteiger partial charge in [0.1, 0.15) is 0 Å².